The Morgan fingerprint density at radius 2 is 1.82 bits per heavy atom. The molecular weight excluding hydrogens is 290 g/mol. The zero-order valence-corrected chi connectivity index (χ0v) is 11.0. The van der Waals surface area contributed by atoms with Crippen molar-refractivity contribution in [1.82, 2.24) is 0 Å². The molecule has 1 saturated carbocycles. The minimum Gasteiger partial charge on any atom is -0.388 e. The number of aliphatic hydroxyl groups excluding tert-OH is 1. The van der Waals surface area contributed by atoms with E-state index < -0.39 is 17.7 Å². The second kappa shape index (κ2) is 5.44. The van der Waals surface area contributed by atoms with Crippen molar-refractivity contribution in [2.45, 2.75) is 38.2 Å². The standard InChI is InChI=1S/C13H15BrF2O/c14-11-9(6-7-10(15)12(11)16)13(17)8-4-2-1-3-5-8/h6-8,13,17H,1-5H2. The first kappa shape index (κ1) is 13.0. The van der Waals surface area contributed by atoms with Gasteiger partial charge in [-0.25, -0.2) is 8.78 Å². The largest absolute Gasteiger partial charge is 0.388 e. The molecule has 1 fully saturated rings. The Kier molecular flexibility index (Phi) is 4.15. The fraction of sp³-hybridized carbons (Fsp3) is 0.538. The van der Waals surface area contributed by atoms with E-state index in [0.717, 1.165) is 31.7 Å². The lowest BCUT2D eigenvalue weighted by molar-refractivity contribution is 0.0838. The van der Waals surface area contributed by atoms with Gasteiger partial charge < -0.3 is 5.11 Å². The quantitative estimate of drug-likeness (QED) is 0.806. The van der Waals surface area contributed by atoms with Crippen molar-refractivity contribution in [3.05, 3.63) is 33.8 Å². The minimum absolute atomic E-state index is 0.0515. The van der Waals surface area contributed by atoms with Gasteiger partial charge in [0.05, 0.1) is 10.6 Å². The van der Waals surface area contributed by atoms with Crippen LogP contribution in [0.4, 0.5) is 8.78 Å². The summed E-state index contributed by atoms with van der Waals surface area (Å²) in [6.07, 6.45) is 4.59. The van der Waals surface area contributed by atoms with Crippen molar-refractivity contribution >= 4 is 15.9 Å². The van der Waals surface area contributed by atoms with E-state index in [-0.39, 0.29) is 10.4 Å². The molecule has 1 N–H and O–H groups in total. The molecule has 0 aliphatic heterocycles. The molecule has 1 aliphatic carbocycles. The van der Waals surface area contributed by atoms with Crippen LogP contribution in [0.15, 0.2) is 16.6 Å². The number of benzene rings is 1. The van der Waals surface area contributed by atoms with Crippen LogP contribution in [0.25, 0.3) is 0 Å². The summed E-state index contributed by atoms with van der Waals surface area (Å²) in [6.45, 7) is 0. The summed E-state index contributed by atoms with van der Waals surface area (Å²) in [7, 11) is 0. The molecule has 1 atom stereocenters. The average molecular weight is 305 g/mol. The van der Waals surface area contributed by atoms with Crippen LogP contribution in [0.5, 0.6) is 0 Å². The molecule has 0 bridgehead atoms. The number of halogens is 3. The summed E-state index contributed by atoms with van der Waals surface area (Å²) >= 11 is 3.02. The van der Waals surface area contributed by atoms with E-state index in [2.05, 4.69) is 15.9 Å². The molecule has 2 rings (SSSR count). The first-order valence-corrected chi connectivity index (χ1v) is 6.72. The monoisotopic (exact) mass is 304 g/mol. The maximum absolute atomic E-state index is 13.4. The lowest BCUT2D eigenvalue weighted by Gasteiger charge is -2.27. The summed E-state index contributed by atoms with van der Waals surface area (Å²) in [5, 5.41) is 10.2. The Balaban J connectivity index is 2.24. The van der Waals surface area contributed by atoms with Gasteiger partial charge in [-0.15, -0.1) is 0 Å². The molecule has 1 aromatic carbocycles. The van der Waals surface area contributed by atoms with E-state index in [9.17, 15) is 13.9 Å². The van der Waals surface area contributed by atoms with Crippen molar-refractivity contribution in [1.29, 1.82) is 0 Å². The molecule has 0 amide bonds. The topological polar surface area (TPSA) is 20.2 Å². The lowest BCUT2D eigenvalue weighted by Crippen LogP contribution is -2.16. The van der Waals surface area contributed by atoms with E-state index in [1.54, 1.807) is 0 Å². The maximum Gasteiger partial charge on any atom is 0.173 e. The number of rotatable bonds is 2. The van der Waals surface area contributed by atoms with Gasteiger partial charge in [-0.2, -0.15) is 0 Å². The highest BCUT2D eigenvalue weighted by atomic mass is 79.9. The molecule has 1 aromatic rings. The molecule has 1 nitrogen and oxygen atoms in total. The second-order valence-corrected chi connectivity index (χ2v) is 5.40. The van der Waals surface area contributed by atoms with Gasteiger partial charge >= 0.3 is 0 Å². The van der Waals surface area contributed by atoms with Crippen molar-refractivity contribution in [3.63, 3.8) is 0 Å². The van der Waals surface area contributed by atoms with Gasteiger partial charge in [0.15, 0.2) is 11.6 Å². The molecule has 4 heteroatoms. The molecule has 0 radical (unpaired) electrons. The zero-order chi connectivity index (χ0) is 12.4. The van der Waals surface area contributed by atoms with Gasteiger partial charge in [-0.3, -0.25) is 0 Å². The molecule has 0 aromatic heterocycles. The summed E-state index contributed by atoms with van der Waals surface area (Å²) < 4.78 is 26.4. The zero-order valence-electron chi connectivity index (χ0n) is 9.43. The lowest BCUT2D eigenvalue weighted by atomic mass is 9.83. The van der Waals surface area contributed by atoms with Crippen LogP contribution >= 0.6 is 15.9 Å². The predicted octanol–water partition coefficient (Wildman–Crippen LogP) is 4.34. The third-order valence-corrected chi connectivity index (χ3v) is 4.29. The Hall–Kier alpha value is -0.480. The highest BCUT2D eigenvalue weighted by Crippen LogP contribution is 2.38. The SMILES string of the molecule is OC(c1ccc(F)c(F)c1Br)C1CCCCC1. The minimum atomic E-state index is -0.919. The fourth-order valence-corrected chi connectivity index (χ4v) is 3.03. The summed E-state index contributed by atoms with van der Waals surface area (Å²) in [6, 6.07) is 2.53. The fourth-order valence-electron chi connectivity index (χ4n) is 2.47. The van der Waals surface area contributed by atoms with E-state index in [1.807, 2.05) is 0 Å². The summed E-state index contributed by atoms with van der Waals surface area (Å²) in [4.78, 5) is 0. The Morgan fingerprint density at radius 1 is 1.18 bits per heavy atom. The van der Waals surface area contributed by atoms with E-state index in [4.69, 9.17) is 0 Å². The molecule has 1 unspecified atom stereocenters. The molecule has 17 heavy (non-hydrogen) atoms. The van der Waals surface area contributed by atoms with Crippen LogP contribution in [0.3, 0.4) is 0 Å². The first-order chi connectivity index (χ1) is 8.11. The molecule has 1 aliphatic rings. The third kappa shape index (κ3) is 2.68. The second-order valence-electron chi connectivity index (χ2n) is 4.61. The van der Waals surface area contributed by atoms with Crippen LogP contribution in [0, 0.1) is 17.6 Å². The summed E-state index contributed by atoms with van der Waals surface area (Å²) in [5.74, 6) is -1.65. The van der Waals surface area contributed by atoms with E-state index >= 15 is 0 Å². The van der Waals surface area contributed by atoms with Gasteiger partial charge in [0, 0.05) is 0 Å². The van der Waals surface area contributed by atoms with Crippen molar-refractivity contribution in [2.75, 3.05) is 0 Å². The number of aliphatic hydroxyl groups is 1. The van der Waals surface area contributed by atoms with Crippen LogP contribution in [-0.4, -0.2) is 5.11 Å². The van der Waals surface area contributed by atoms with Crippen LogP contribution < -0.4 is 0 Å². The van der Waals surface area contributed by atoms with Gasteiger partial charge in [0.1, 0.15) is 0 Å². The summed E-state index contributed by atoms with van der Waals surface area (Å²) in [5.41, 5.74) is 0.454. The Morgan fingerprint density at radius 3 is 2.47 bits per heavy atom. The highest BCUT2D eigenvalue weighted by Gasteiger charge is 2.26. The van der Waals surface area contributed by atoms with Gasteiger partial charge in [-0.1, -0.05) is 25.3 Å². The van der Waals surface area contributed by atoms with E-state index in [0.29, 0.717) is 5.56 Å². The van der Waals surface area contributed by atoms with Crippen molar-refractivity contribution in [3.8, 4) is 0 Å². The molecule has 0 heterocycles. The predicted molar refractivity (Wildman–Crippen MR) is 65.6 cm³/mol. The van der Waals surface area contributed by atoms with Crippen molar-refractivity contribution in [2.24, 2.45) is 5.92 Å². The van der Waals surface area contributed by atoms with Gasteiger partial charge in [0.2, 0.25) is 0 Å². The Labute approximate surface area is 108 Å². The number of hydrogen-bond donors (Lipinski definition) is 1. The average Bonchev–Trinajstić information content (AvgIpc) is 2.36. The van der Waals surface area contributed by atoms with Crippen LogP contribution in [-0.2, 0) is 0 Å². The molecular formula is C13H15BrF2O. The molecule has 0 spiro atoms. The van der Waals surface area contributed by atoms with Crippen LogP contribution in [0.1, 0.15) is 43.8 Å². The third-order valence-electron chi connectivity index (χ3n) is 3.48. The normalized spacial score (nSPS) is 19.3. The first-order valence-electron chi connectivity index (χ1n) is 5.92. The highest BCUT2D eigenvalue weighted by molar-refractivity contribution is 9.10. The van der Waals surface area contributed by atoms with Crippen molar-refractivity contribution < 1.29 is 13.9 Å². The van der Waals surface area contributed by atoms with Crippen LogP contribution in [0.2, 0.25) is 0 Å². The molecule has 94 valence electrons. The maximum atomic E-state index is 13.4. The molecule has 0 saturated heterocycles. The van der Waals surface area contributed by atoms with E-state index in [1.165, 1.54) is 12.5 Å². The van der Waals surface area contributed by atoms with Gasteiger partial charge in [0.25, 0.3) is 0 Å². The number of hydrogen-bond acceptors (Lipinski definition) is 1. The Bertz CT molecular complexity index is 403. The smallest absolute Gasteiger partial charge is 0.173 e. The van der Waals surface area contributed by atoms with Gasteiger partial charge in [-0.05, 0) is 46.3 Å².